The fraction of sp³-hybridized carbons (Fsp3) is 0.375. The molecule has 1 saturated heterocycles. The molecule has 1 unspecified atom stereocenters. The summed E-state index contributed by atoms with van der Waals surface area (Å²) < 4.78 is 16.2. The highest BCUT2D eigenvalue weighted by atomic mass is 19.1. The van der Waals surface area contributed by atoms with Crippen LogP contribution >= 0.6 is 0 Å². The summed E-state index contributed by atoms with van der Waals surface area (Å²) in [5.41, 5.74) is 2.82. The van der Waals surface area contributed by atoms with Crippen LogP contribution < -0.4 is 0 Å². The van der Waals surface area contributed by atoms with Gasteiger partial charge in [0.2, 0.25) is 0 Å². The van der Waals surface area contributed by atoms with Crippen molar-refractivity contribution in [3.8, 4) is 0 Å². The van der Waals surface area contributed by atoms with Crippen LogP contribution in [0.1, 0.15) is 31.2 Å². The number of halogens is 1. The zero-order valence-corrected chi connectivity index (χ0v) is 16.0. The molecule has 4 heteroatoms. The third kappa shape index (κ3) is 2.78. The number of benzene rings is 1. The molecule has 4 aliphatic rings. The van der Waals surface area contributed by atoms with E-state index in [0.29, 0.717) is 25.7 Å². The second-order valence-corrected chi connectivity index (χ2v) is 8.33. The lowest BCUT2D eigenvalue weighted by Crippen LogP contribution is -2.50. The van der Waals surface area contributed by atoms with E-state index < -0.39 is 11.2 Å². The first kappa shape index (κ1) is 17.6. The summed E-state index contributed by atoms with van der Waals surface area (Å²) in [5.74, 6) is -1.17. The van der Waals surface area contributed by atoms with Gasteiger partial charge in [0.15, 0.2) is 5.79 Å². The average molecular weight is 376 g/mol. The van der Waals surface area contributed by atoms with E-state index in [0.717, 1.165) is 30.9 Å². The highest BCUT2D eigenvalue weighted by Crippen LogP contribution is 2.55. The highest BCUT2D eigenvalue weighted by Gasteiger charge is 2.52. The molecule has 1 spiro atoms. The second kappa shape index (κ2) is 6.56. The molecule has 1 aromatic carbocycles. The Hall–Kier alpha value is -2.46. The minimum Gasteiger partial charge on any atom is -0.318 e. The van der Waals surface area contributed by atoms with Crippen molar-refractivity contribution in [3.05, 3.63) is 83.7 Å². The Labute approximate surface area is 165 Å². The molecule has 0 radical (unpaired) electrons. The maximum Gasteiger partial charge on any atom is 0.188 e. The minimum absolute atomic E-state index is 0.224. The first-order valence-electron chi connectivity index (χ1n) is 10.1. The van der Waals surface area contributed by atoms with Crippen LogP contribution in [0.15, 0.2) is 78.2 Å². The van der Waals surface area contributed by atoms with Gasteiger partial charge in [-0.15, -0.1) is 0 Å². The molecule has 2 aliphatic carbocycles. The summed E-state index contributed by atoms with van der Waals surface area (Å²) in [5, 5.41) is 0. The Morgan fingerprint density at radius 3 is 2.64 bits per heavy atom. The zero-order chi connectivity index (χ0) is 19.2. The van der Waals surface area contributed by atoms with Crippen LogP contribution in [0.4, 0.5) is 4.39 Å². The zero-order valence-electron chi connectivity index (χ0n) is 16.0. The number of carbonyl (C=O) groups is 1. The predicted octanol–water partition coefficient (Wildman–Crippen LogP) is 4.51. The molecule has 3 nitrogen and oxygen atoms in total. The molecule has 1 aromatic rings. The SMILES string of the molecule is O=C1CC=C2N(C3(F)CCN(Cc4ccccc4)CC3)C=C3C=CC=CC32C1. The van der Waals surface area contributed by atoms with Crippen molar-refractivity contribution in [2.75, 3.05) is 13.1 Å². The summed E-state index contributed by atoms with van der Waals surface area (Å²) in [7, 11) is 0. The summed E-state index contributed by atoms with van der Waals surface area (Å²) in [6.07, 6.45) is 13.8. The molecule has 0 N–H and O–H groups in total. The summed E-state index contributed by atoms with van der Waals surface area (Å²) >= 11 is 0. The van der Waals surface area contributed by atoms with E-state index in [1.54, 1.807) is 0 Å². The lowest BCUT2D eigenvalue weighted by Gasteiger charge is -2.45. The maximum atomic E-state index is 16.2. The Kier molecular flexibility index (Phi) is 4.13. The number of hydrogen-bond acceptors (Lipinski definition) is 3. The van der Waals surface area contributed by atoms with Gasteiger partial charge in [0.1, 0.15) is 5.78 Å². The summed E-state index contributed by atoms with van der Waals surface area (Å²) in [6, 6.07) is 10.4. The van der Waals surface area contributed by atoms with Gasteiger partial charge in [-0.1, -0.05) is 60.7 Å². The quantitative estimate of drug-likeness (QED) is 0.726. The second-order valence-electron chi connectivity index (χ2n) is 8.33. The normalized spacial score (nSPS) is 28.6. The van der Waals surface area contributed by atoms with Gasteiger partial charge in [-0.05, 0) is 11.1 Å². The molecule has 2 heterocycles. The number of rotatable bonds is 3. The van der Waals surface area contributed by atoms with E-state index >= 15 is 4.39 Å². The fourth-order valence-electron chi connectivity index (χ4n) is 5.03. The third-order valence-corrected chi connectivity index (χ3v) is 6.57. The lowest BCUT2D eigenvalue weighted by molar-refractivity contribution is -0.120. The molecule has 2 aliphatic heterocycles. The molecule has 0 saturated carbocycles. The fourth-order valence-corrected chi connectivity index (χ4v) is 5.03. The molecular formula is C24H25FN2O. The van der Waals surface area contributed by atoms with Gasteiger partial charge in [-0.2, -0.15) is 0 Å². The van der Waals surface area contributed by atoms with E-state index in [1.807, 2.05) is 53.6 Å². The van der Waals surface area contributed by atoms with Crippen molar-refractivity contribution in [2.24, 2.45) is 5.41 Å². The van der Waals surface area contributed by atoms with Crippen LogP contribution in [-0.4, -0.2) is 34.5 Å². The number of piperidine rings is 1. The molecule has 144 valence electrons. The van der Waals surface area contributed by atoms with Gasteiger partial charge in [-0.3, -0.25) is 9.69 Å². The van der Waals surface area contributed by atoms with E-state index in [4.69, 9.17) is 0 Å². The molecule has 1 atom stereocenters. The molecule has 0 amide bonds. The van der Waals surface area contributed by atoms with Gasteiger partial charge in [-0.25, -0.2) is 4.39 Å². The van der Waals surface area contributed by atoms with Crippen molar-refractivity contribution >= 4 is 5.78 Å². The van der Waals surface area contributed by atoms with Gasteiger partial charge in [0.25, 0.3) is 0 Å². The number of likely N-dealkylation sites (tertiary alicyclic amines) is 1. The first-order valence-corrected chi connectivity index (χ1v) is 10.1. The van der Waals surface area contributed by atoms with Crippen molar-refractivity contribution < 1.29 is 9.18 Å². The van der Waals surface area contributed by atoms with Gasteiger partial charge < -0.3 is 4.90 Å². The largest absolute Gasteiger partial charge is 0.318 e. The van der Waals surface area contributed by atoms with Crippen molar-refractivity contribution in [3.63, 3.8) is 0 Å². The first-order chi connectivity index (χ1) is 13.6. The monoisotopic (exact) mass is 376 g/mol. The van der Waals surface area contributed by atoms with E-state index in [-0.39, 0.29) is 5.78 Å². The summed E-state index contributed by atoms with van der Waals surface area (Å²) in [6.45, 7) is 2.33. The van der Waals surface area contributed by atoms with Crippen LogP contribution in [0.25, 0.3) is 0 Å². The van der Waals surface area contributed by atoms with Gasteiger partial charge in [0, 0.05) is 57.2 Å². The van der Waals surface area contributed by atoms with Crippen molar-refractivity contribution in [1.82, 2.24) is 9.80 Å². The molecule has 0 bridgehead atoms. The predicted molar refractivity (Wildman–Crippen MR) is 108 cm³/mol. The van der Waals surface area contributed by atoms with Crippen LogP contribution in [0.3, 0.4) is 0 Å². The molecule has 1 fully saturated rings. The average Bonchev–Trinajstić information content (AvgIpc) is 3.06. The molecule has 28 heavy (non-hydrogen) atoms. The third-order valence-electron chi connectivity index (χ3n) is 6.57. The Balaban J connectivity index is 1.37. The van der Waals surface area contributed by atoms with Crippen molar-refractivity contribution in [2.45, 2.75) is 38.0 Å². The Bertz CT molecular complexity index is 906. The number of allylic oxidation sites excluding steroid dienone is 5. The number of hydrogen-bond donors (Lipinski definition) is 0. The number of nitrogens with zero attached hydrogens (tertiary/aromatic N) is 2. The molecule has 5 rings (SSSR count). The van der Waals surface area contributed by atoms with E-state index in [1.165, 1.54) is 5.56 Å². The Morgan fingerprint density at radius 1 is 1.07 bits per heavy atom. The van der Waals surface area contributed by atoms with E-state index in [2.05, 4.69) is 23.1 Å². The summed E-state index contributed by atoms with van der Waals surface area (Å²) in [4.78, 5) is 16.4. The number of ketones is 1. The van der Waals surface area contributed by atoms with Gasteiger partial charge >= 0.3 is 0 Å². The number of Topliss-reactive ketones (excluding diaryl/α,β-unsaturated/α-hetero) is 1. The number of alkyl halides is 1. The smallest absolute Gasteiger partial charge is 0.188 e. The topological polar surface area (TPSA) is 23.6 Å². The lowest BCUT2D eigenvalue weighted by atomic mass is 9.70. The Morgan fingerprint density at radius 2 is 1.86 bits per heavy atom. The molecular weight excluding hydrogens is 351 g/mol. The number of carbonyl (C=O) groups excluding carboxylic acids is 1. The van der Waals surface area contributed by atoms with Crippen molar-refractivity contribution in [1.29, 1.82) is 0 Å². The van der Waals surface area contributed by atoms with Crippen LogP contribution in [0, 0.1) is 5.41 Å². The highest BCUT2D eigenvalue weighted by molar-refractivity contribution is 5.85. The maximum absolute atomic E-state index is 16.2. The van der Waals surface area contributed by atoms with Crippen LogP contribution in [0.2, 0.25) is 0 Å². The van der Waals surface area contributed by atoms with Crippen LogP contribution in [-0.2, 0) is 11.3 Å². The standard InChI is InChI=1S/C24H25FN2O/c25-24(12-14-26(15-13-24)17-19-6-2-1-3-7-19)27-18-20-8-4-5-11-23(20)16-21(28)9-10-22(23)27/h1-8,10-11,18H,9,12-17H2. The van der Waals surface area contributed by atoms with E-state index in [9.17, 15) is 4.79 Å². The molecule has 0 aromatic heterocycles. The van der Waals surface area contributed by atoms with Gasteiger partial charge in [0.05, 0.1) is 5.41 Å². The van der Waals surface area contributed by atoms with Crippen LogP contribution in [0.5, 0.6) is 0 Å². The minimum atomic E-state index is -1.39.